The minimum absolute atomic E-state index is 0.0490. The summed E-state index contributed by atoms with van der Waals surface area (Å²) >= 11 is 1.46. The molecular weight excluding hydrogens is 299 g/mol. The van der Waals surface area contributed by atoms with E-state index in [1.165, 1.54) is 17.4 Å². The third kappa shape index (κ3) is 9.88. The van der Waals surface area contributed by atoms with Crippen molar-refractivity contribution >= 4 is 17.4 Å². The Kier molecular flexibility index (Phi) is 9.42. The normalized spacial score (nSPS) is 11.5. The van der Waals surface area contributed by atoms with Crippen LogP contribution in [0.25, 0.3) is 6.08 Å². The second-order valence-electron chi connectivity index (χ2n) is 3.92. The fraction of sp³-hybridized carbons (Fsp3) is 0.400. The number of aromatic nitrogens is 1. The number of hydrogen-bond donors (Lipinski definition) is 1. The monoisotopic (exact) mass is 317 g/mol. The van der Waals surface area contributed by atoms with E-state index in [0.29, 0.717) is 6.42 Å². The van der Waals surface area contributed by atoms with Crippen LogP contribution in [0.4, 0.5) is 13.2 Å². The van der Waals surface area contributed by atoms with Crippen LogP contribution >= 0.6 is 11.3 Å². The second kappa shape index (κ2) is 10.2. The van der Waals surface area contributed by atoms with E-state index in [0.717, 1.165) is 21.7 Å². The molecule has 0 bridgehead atoms. The van der Waals surface area contributed by atoms with Crippen molar-refractivity contribution in [3.05, 3.63) is 33.8 Å². The number of aliphatic hydroxyl groups is 1. The largest absolute Gasteiger partial charge is 0.392 e. The molecule has 1 aromatic rings. The van der Waals surface area contributed by atoms with Gasteiger partial charge in [0.15, 0.2) is 0 Å². The number of halogens is 3. The maximum Gasteiger partial charge on any atom is 0.392 e. The van der Waals surface area contributed by atoms with E-state index in [-0.39, 0.29) is 6.61 Å². The topological polar surface area (TPSA) is 33.1 Å². The molecule has 0 aliphatic heterocycles. The molecule has 0 unspecified atom stereocenters. The van der Waals surface area contributed by atoms with E-state index >= 15 is 0 Å². The van der Waals surface area contributed by atoms with Gasteiger partial charge < -0.3 is 5.11 Å². The molecule has 0 saturated heterocycles. The van der Waals surface area contributed by atoms with E-state index in [9.17, 15) is 13.2 Å². The molecular formula is C15H18F3NOS. The van der Waals surface area contributed by atoms with E-state index in [2.05, 4.69) is 10.9 Å². The molecule has 0 amide bonds. The van der Waals surface area contributed by atoms with Gasteiger partial charge in [-0.1, -0.05) is 25.0 Å². The lowest BCUT2D eigenvalue weighted by Gasteiger charge is -1.99. The van der Waals surface area contributed by atoms with E-state index in [1.54, 1.807) is 19.1 Å². The first-order valence-corrected chi connectivity index (χ1v) is 7.07. The number of alkyl halides is 3. The van der Waals surface area contributed by atoms with Gasteiger partial charge in [-0.25, -0.2) is 4.98 Å². The average Bonchev–Trinajstić information content (AvgIpc) is 2.76. The number of allylic oxidation sites excluding steroid dienone is 3. The summed E-state index contributed by atoms with van der Waals surface area (Å²) in [6.07, 6.45) is 6.87. The summed E-state index contributed by atoms with van der Waals surface area (Å²) < 4.78 is 34.0. The van der Waals surface area contributed by atoms with Crippen LogP contribution in [-0.4, -0.2) is 16.3 Å². The number of hydrogen-bond acceptors (Lipinski definition) is 3. The summed E-state index contributed by atoms with van der Waals surface area (Å²) in [5, 5.41) is 9.71. The van der Waals surface area contributed by atoms with Gasteiger partial charge in [-0.15, -0.1) is 17.8 Å². The summed E-state index contributed by atoms with van der Waals surface area (Å²) in [6, 6.07) is 0. The van der Waals surface area contributed by atoms with Crippen LogP contribution in [0.3, 0.4) is 0 Å². The molecule has 0 spiro atoms. The molecule has 0 aliphatic rings. The fourth-order valence-electron chi connectivity index (χ4n) is 1.17. The summed E-state index contributed by atoms with van der Waals surface area (Å²) in [5.41, 5.74) is 0.874. The van der Waals surface area contributed by atoms with Crippen LogP contribution in [0.1, 0.15) is 35.3 Å². The Hall–Kier alpha value is -1.58. The van der Waals surface area contributed by atoms with Gasteiger partial charge in [0, 0.05) is 0 Å². The van der Waals surface area contributed by atoms with Crippen molar-refractivity contribution < 1.29 is 18.3 Å². The highest BCUT2D eigenvalue weighted by Crippen LogP contribution is 2.19. The van der Waals surface area contributed by atoms with Crippen LogP contribution in [0.5, 0.6) is 0 Å². The summed E-state index contributed by atoms with van der Waals surface area (Å²) in [7, 11) is 0. The molecule has 0 fully saturated rings. The van der Waals surface area contributed by atoms with Gasteiger partial charge in [0.2, 0.25) is 0 Å². The Bertz CT molecular complexity index is 510. The van der Waals surface area contributed by atoms with Crippen molar-refractivity contribution in [3.63, 3.8) is 0 Å². The maximum atomic E-state index is 11.3. The minimum Gasteiger partial charge on any atom is -0.391 e. The molecule has 0 radical (unpaired) electrons. The molecule has 116 valence electrons. The molecule has 1 heterocycles. The van der Waals surface area contributed by atoms with Crippen molar-refractivity contribution in [3.8, 4) is 12.3 Å². The maximum absolute atomic E-state index is 11.3. The predicted molar refractivity (Wildman–Crippen MR) is 80.7 cm³/mol. The number of nitrogens with zero attached hydrogens (tertiary/aromatic N) is 1. The van der Waals surface area contributed by atoms with Crippen LogP contribution in [0, 0.1) is 19.3 Å². The summed E-state index contributed by atoms with van der Waals surface area (Å²) in [5.74, 6) is 2.39. The van der Waals surface area contributed by atoms with Gasteiger partial charge in [0.05, 0.1) is 23.6 Å². The van der Waals surface area contributed by atoms with Crippen LogP contribution < -0.4 is 0 Å². The Morgan fingerprint density at radius 3 is 2.48 bits per heavy atom. The van der Waals surface area contributed by atoms with Crippen molar-refractivity contribution in [2.75, 3.05) is 0 Å². The predicted octanol–water partition coefficient (Wildman–Crippen LogP) is 4.50. The Morgan fingerprint density at radius 1 is 1.38 bits per heavy atom. The van der Waals surface area contributed by atoms with Gasteiger partial charge in [-0.2, -0.15) is 13.2 Å². The third-order valence-corrected chi connectivity index (χ3v) is 3.23. The zero-order chi connectivity index (χ0) is 16.3. The lowest BCUT2D eigenvalue weighted by molar-refractivity contribution is -0.125. The summed E-state index contributed by atoms with van der Waals surface area (Å²) in [4.78, 5) is 5.09. The molecule has 0 atom stereocenters. The van der Waals surface area contributed by atoms with Crippen LogP contribution in [0.15, 0.2) is 18.2 Å². The molecule has 1 rings (SSSR count). The van der Waals surface area contributed by atoms with Crippen molar-refractivity contribution in [2.45, 2.75) is 39.5 Å². The molecule has 0 saturated carbocycles. The molecule has 1 aromatic heterocycles. The lowest BCUT2D eigenvalue weighted by atomic mass is 10.3. The van der Waals surface area contributed by atoms with Crippen LogP contribution in [0.2, 0.25) is 0 Å². The van der Waals surface area contributed by atoms with Gasteiger partial charge >= 0.3 is 6.18 Å². The Labute approximate surface area is 127 Å². The van der Waals surface area contributed by atoms with Gasteiger partial charge in [0.1, 0.15) is 5.01 Å². The first kappa shape index (κ1) is 19.4. The minimum atomic E-state index is -4.04. The van der Waals surface area contributed by atoms with Gasteiger partial charge in [-0.3, -0.25) is 0 Å². The number of aryl methyl sites for hydroxylation is 1. The zero-order valence-electron chi connectivity index (χ0n) is 11.9. The third-order valence-electron chi connectivity index (χ3n) is 2.13. The molecule has 0 aromatic carbocycles. The summed E-state index contributed by atoms with van der Waals surface area (Å²) in [6.45, 7) is 3.72. The van der Waals surface area contributed by atoms with E-state index < -0.39 is 12.6 Å². The standard InChI is InChI=1S/C9H9NOS.C6H9F3/c1-3-4-5-9-10-7(2)8(6-11)12-9;1-2-3-4-5-6(7,8)9/h1,4-5,11H,6H2,2H3;3-4H,2,5H2,1H3/b5-4+;4-3-. The first-order valence-electron chi connectivity index (χ1n) is 6.25. The number of aliphatic hydroxyl groups excluding tert-OH is 1. The molecule has 2 nitrogen and oxygen atoms in total. The lowest BCUT2D eigenvalue weighted by Crippen LogP contribution is -2.03. The number of rotatable bonds is 4. The second-order valence-corrected chi connectivity index (χ2v) is 5.03. The number of thiazole rings is 1. The zero-order valence-corrected chi connectivity index (χ0v) is 12.8. The van der Waals surface area contributed by atoms with Crippen molar-refractivity contribution in [1.29, 1.82) is 0 Å². The van der Waals surface area contributed by atoms with Crippen molar-refractivity contribution in [1.82, 2.24) is 4.98 Å². The highest BCUT2D eigenvalue weighted by molar-refractivity contribution is 7.12. The van der Waals surface area contributed by atoms with E-state index in [4.69, 9.17) is 11.5 Å². The Balaban J connectivity index is 0.000000400. The first-order chi connectivity index (χ1) is 9.84. The Morgan fingerprint density at radius 2 is 2.05 bits per heavy atom. The highest BCUT2D eigenvalue weighted by Gasteiger charge is 2.24. The molecule has 6 heteroatoms. The van der Waals surface area contributed by atoms with Gasteiger partial charge in [0.25, 0.3) is 0 Å². The molecule has 0 aliphatic carbocycles. The van der Waals surface area contributed by atoms with Crippen LogP contribution in [-0.2, 0) is 6.61 Å². The van der Waals surface area contributed by atoms with Crippen molar-refractivity contribution in [2.24, 2.45) is 0 Å². The molecule has 1 N–H and O–H groups in total. The molecule has 21 heavy (non-hydrogen) atoms. The highest BCUT2D eigenvalue weighted by atomic mass is 32.1. The fourth-order valence-corrected chi connectivity index (χ4v) is 2.00. The van der Waals surface area contributed by atoms with E-state index in [1.807, 2.05) is 6.92 Å². The quantitative estimate of drug-likeness (QED) is 0.655. The number of terminal acetylenes is 1. The smallest absolute Gasteiger partial charge is 0.391 e. The average molecular weight is 317 g/mol. The van der Waals surface area contributed by atoms with Gasteiger partial charge in [-0.05, 0) is 25.5 Å². The SMILES string of the molecule is C#C/C=C/c1nc(C)c(CO)s1.CC/C=C\CC(F)(F)F.